The Morgan fingerprint density at radius 1 is 0.933 bits per heavy atom. The molecule has 2 aliphatic rings. The van der Waals surface area contributed by atoms with E-state index in [2.05, 4.69) is 42.5 Å². The number of para-hydroxylation sites is 1. The summed E-state index contributed by atoms with van der Waals surface area (Å²) in [6.07, 6.45) is 9.88. The van der Waals surface area contributed by atoms with Gasteiger partial charge in [-0.3, -0.25) is 4.99 Å². The van der Waals surface area contributed by atoms with Crippen LogP contribution in [0, 0.1) is 0 Å². The van der Waals surface area contributed by atoms with E-state index >= 15 is 0 Å². The summed E-state index contributed by atoms with van der Waals surface area (Å²) >= 11 is 0. The fraction of sp³-hybridized carbons (Fsp3) is 0.214. The number of hydrogen-bond acceptors (Lipinski definition) is 1. The lowest BCUT2D eigenvalue weighted by Crippen LogP contribution is -2.23. The Balaban J connectivity index is 2.21. The maximum absolute atomic E-state index is 4.76. The highest BCUT2D eigenvalue weighted by Crippen LogP contribution is 2.23. The molecule has 0 unspecified atom stereocenters. The molecule has 0 spiro atoms. The Morgan fingerprint density at radius 3 is 2.80 bits per heavy atom. The number of rotatable bonds is 0. The van der Waals surface area contributed by atoms with Gasteiger partial charge in [0.2, 0.25) is 0 Å². The van der Waals surface area contributed by atoms with Crippen molar-refractivity contribution < 1.29 is 0 Å². The van der Waals surface area contributed by atoms with Crippen LogP contribution in [-0.2, 0) is 0 Å². The van der Waals surface area contributed by atoms with Crippen molar-refractivity contribution in [1.82, 2.24) is 0 Å². The lowest BCUT2D eigenvalue weighted by molar-refractivity contribution is 0.969. The highest BCUT2D eigenvalue weighted by Gasteiger charge is 2.08. The number of fused-ring (bicyclic) bond motifs is 1. The third kappa shape index (κ3) is 1.54. The van der Waals surface area contributed by atoms with Gasteiger partial charge in [0.25, 0.3) is 0 Å². The molecule has 0 amide bonds. The maximum atomic E-state index is 4.76. The minimum absolute atomic E-state index is 0.998. The largest absolute Gasteiger partial charge is 0.253 e. The molecular formula is C14H13N. The first-order valence-corrected chi connectivity index (χ1v) is 5.43. The topological polar surface area (TPSA) is 12.4 Å². The minimum atomic E-state index is 0.998. The molecule has 0 aromatic heterocycles. The van der Waals surface area contributed by atoms with Crippen molar-refractivity contribution in [3.05, 3.63) is 58.3 Å². The van der Waals surface area contributed by atoms with E-state index in [1.807, 2.05) is 0 Å². The first-order chi connectivity index (χ1) is 7.43. The third-order valence-corrected chi connectivity index (χ3v) is 3.01. The van der Waals surface area contributed by atoms with Gasteiger partial charge in [-0.15, -0.1) is 0 Å². The fourth-order valence-corrected chi connectivity index (χ4v) is 2.15. The average molecular weight is 195 g/mol. The number of benzene rings is 1. The highest BCUT2D eigenvalue weighted by molar-refractivity contribution is 5.37. The molecule has 3 rings (SSSR count). The van der Waals surface area contributed by atoms with Gasteiger partial charge < -0.3 is 0 Å². The van der Waals surface area contributed by atoms with E-state index in [9.17, 15) is 0 Å². The predicted molar refractivity (Wildman–Crippen MR) is 61.7 cm³/mol. The lowest BCUT2D eigenvalue weighted by Gasteiger charge is -2.09. The van der Waals surface area contributed by atoms with Crippen molar-refractivity contribution in [3.8, 4) is 0 Å². The summed E-state index contributed by atoms with van der Waals surface area (Å²) in [5.41, 5.74) is 2.76. The van der Waals surface area contributed by atoms with Gasteiger partial charge in [-0.1, -0.05) is 36.4 Å². The normalized spacial score (nSPS) is 18.4. The Morgan fingerprint density at radius 2 is 1.80 bits per heavy atom. The van der Waals surface area contributed by atoms with Crippen molar-refractivity contribution in [3.63, 3.8) is 0 Å². The number of allylic oxidation sites excluding steroid dienone is 3. The summed E-state index contributed by atoms with van der Waals surface area (Å²) in [7, 11) is 0. The van der Waals surface area contributed by atoms with Crippen LogP contribution in [0.15, 0.2) is 52.7 Å². The fourth-order valence-electron chi connectivity index (χ4n) is 2.15. The molecule has 0 fully saturated rings. The molecule has 1 heterocycles. The van der Waals surface area contributed by atoms with Crippen molar-refractivity contribution in [2.45, 2.75) is 19.3 Å². The second kappa shape index (κ2) is 3.50. The van der Waals surface area contributed by atoms with E-state index in [4.69, 9.17) is 4.99 Å². The van der Waals surface area contributed by atoms with Gasteiger partial charge in [-0.25, -0.2) is 0 Å². The van der Waals surface area contributed by atoms with Crippen LogP contribution in [0.4, 0.5) is 0 Å². The molecule has 1 nitrogen and oxygen atoms in total. The van der Waals surface area contributed by atoms with Gasteiger partial charge in [-0.05, 0) is 29.7 Å². The molecule has 1 aliphatic carbocycles. The third-order valence-electron chi connectivity index (χ3n) is 3.01. The van der Waals surface area contributed by atoms with Crippen molar-refractivity contribution in [2.75, 3.05) is 0 Å². The van der Waals surface area contributed by atoms with Gasteiger partial charge in [0.1, 0.15) is 0 Å². The summed E-state index contributed by atoms with van der Waals surface area (Å²) in [6, 6.07) is 8.37. The van der Waals surface area contributed by atoms with Gasteiger partial charge in [0.15, 0.2) is 0 Å². The molecule has 1 aliphatic heterocycles. The van der Waals surface area contributed by atoms with Gasteiger partial charge in [-0.2, -0.15) is 0 Å². The highest BCUT2D eigenvalue weighted by atomic mass is 14.7. The van der Waals surface area contributed by atoms with Gasteiger partial charge >= 0.3 is 0 Å². The van der Waals surface area contributed by atoms with Crippen molar-refractivity contribution in [2.24, 2.45) is 4.99 Å². The molecular weight excluding hydrogens is 182 g/mol. The molecule has 74 valence electrons. The smallest absolute Gasteiger partial charge is 0.0702 e. The van der Waals surface area contributed by atoms with Gasteiger partial charge in [0, 0.05) is 12.1 Å². The van der Waals surface area contributed by atoms with Crippen LogP contribution >= 0.6 is 0 Å². The standard InChI is InChI=1S/C14H13N/c1-3-7-13-11(5-1)9-10-12-6-2-4-8-14(12)15-13/h1-5,7,9H,6,8,10H2. The first kappa shape index (κ1) is 8.66. The van der Waals surface area contributed by atoms with E-state index in [1.165, 1.54) is 16.5 Å². The van der Waals surface area contributed by atoms with E-state index < -0.39 is 0 Å². The summed E-state index contributed by atoms with van der Waals surface area (Å²) in [4.78, 5) is 4.76. The molecule has 1 aromatic rings. The molecule has 1 heteroatoms. The zero-order valence-corrected chi connectivity index (χ0v) is 8.61. The Labute approximate surface area is 89.2 Å². The van der Waals surface area contributed by atoms with Crippen molar-refractivity contribution >= 4 is 6.08 Å². The monoisotopic (exact) mass is 195 g/mol. The quantitative estimate of drug-likeness (QED) is 0.562. The Bertz CT molecular complexity index is 561. The Kier molecular flexibility index (Phi) is 2.02. The molecule has 0 atom stereocenters. The molecule has 1 aromatic carbocycles. The van der Waals surface area contributed by atoms with Crippen LogP contribution < -0.4 is 10.6 Å². The molecule has 15 heavy (non-hydrogen) atoms. The molecule has 0 saturated heterocycles. The summed E-state index contributed by atoms with van der Waals surface area (Å²) in [6.45, 7) is 0. The van der Waals surface area contributed by atoms with Gasteiger partial charge in [0.05, 0.1) is 5.36 Å². The summed E-state index contributed by atoms with van der Waals surface area (Å²) < 4.78 is 0. The lowest BCUT2D eigenvalue weighted by atomic mass is 10.00. The van der Waals surface area contributed by atoms with E-state index in [0.717, 1.165) is 24.6 Å². The van der Waals surface area contributed by atoms with Crippen LogP contribution in [-0.4, -0.2) is 0 Å². The van der Waals surface area contributed by atoms with Crippen LogP contribution in [0.1, 0.15) is 19.3 Å². The number of hydrogen-bond donors (Lipinski definition) is 0. The van der Waals surface area contributed by atoms with E-state index in [1.54, 1.807) is 0 Å². The van der Waals surface area contributed by atoms with Crippen LogP contribution in [0.25, 0.3) is 6.08 Å². The predicted octanol–water partition coefficient (Wildman–Crippen LogP) is 2.09. The maximum Gasteiger partial charge on any atom is 0.0702 e. The summed E-state index contributed by atoms with van der Waals surface area (Å²) in [5, 5.41) is 2.39. The van der Waals surface area contributed by atoms with E-state index in [0.29, 0.717) is 0 Å². The molecule has 0 N–H and O–H groups in total. The zero-order chi connectivity index (χ0) is 10.1. The second-order valence-corrected chi connectivity index (χ2v) is 4.01. The minimum Gasteiger partial charge on any atom is -0.253 e. The van der Waals surface area contributed by atoms with Crippen LogP contribution in [0.3, 0.4) is 0 Å². The Hall–Kier alpha value is -1.63. The van der Waals surface area contributed by atoms with Crippen LogP contribution in [0.5, 0.6) is 0 Å². The van der Waals surface area contributed by atoms with Crippen LogP contribution in [0.2, 0.25) is 0 Å². The molecule has 0 bridgehead atoms. The SMILES string of the molecule is C1=CCC2=C(C1)CC=c1ccccc1=N2. The second-order valence-electron chi connectivity index (χ2n) is 4.01. The zero-order valence-electron chi connectivity index (χ0n) is 8.61. The molecule has 0 radical (unpaired) electrons. The van der Waals surface area contributed by atoms with E-state index in [-0.39, 0.29) is 0 Å². The number of nitrogens with zero attached hydrogens (tertiary/aromatic N) is 1. The molecule has 0 saturated carbocycles. The average Bonchev–Trinajstić information content (AvgIpc) is 2.48. The first-order valence-electron chi connectivity index (χ1n) is 5.43. The van der Waals surface area contributed by atoms with Crippen molar-refractivity contribution in [1.29, 1.82) is 0 Å². The summed E-state index contributed by atoms with van der Waals surface area (Å²) in [5.74, 6) is 0.